The normalized spacial score (nSPS) is 11.9. The van der Waals surface area contributed by atoms with Crippen molar-refractivity contribution in [2.24, 2.45) is 5.84 Å². The maximum absolute atomic E-state index is 11.3. The zero-order valence-electron chi connectivity index (χ0n) is 8.77. The Labute approximate surface area is 102 Å². The molecule has 1 unspecified atom stereocenters. The summed E-state index contributed by atoms with van der Waals surface area (Å²) in [4.78, 5) is 11.3. The highest BCUT2D eigenvalue weighted by Gasteiger charge is 2.19. The predicted octanol–water partition coefficient (Wildman–Crippen LogP) is 0.833. The number of nitrogens with one attached hydrogen (secondary N) is 1. The van der Waals surface area contributed by atoms with E-state index in [2.05, 4.69) is 15.9 Å². The molecule has 0 aliphatic carbocycles. The minimum Gasteiger partial charge on any atom is -0.478 e. The summed E-state index contributed by atoms with van der Waals surface area (Å²) in [6.45, 7) is 0.138. The van der Waals surface area contributed by atoms with Crippen LogP contribution in [0.4, 0.5) is 0 Å². The predicted molar refractivity (Wildman–Crippen MR) is 62.8 cm³/mol. The van der Waals surface area contributed by atoms with Crippen molar-refractivity contribution in [3.8, 4) is 5.75 Å². The Bertz CT molecular complexity index is 342. The molecular weight excluding hydrogens is 276 g/mol. The largest absolute Gasteiger partial charge is 0.478 e. The number of nitrogens with two attached hydrogens (primary N) is 1. The van der Waals surface area contributed by atoms with E-state index in [1.165, 1.54) is 7.11 Å². The molecule has 0 aliphatic rings. The number of hydrogen-bond acceptors (Lipinski definition) is 4. The Hall–Kier alpha value is -1.11. The average molecular weight is 289 g/mol. The van der Waals surface area contributed by atoms with Gasteiger partial charge in [0.05, 0.1) is 6.61 Å². The van der Waals surface area contributed by atoms with Crippen LogP contribution in [0.3, 0.4) is 0 Å². The highest BCUT2D eigenvalue weighted by atomic mass is 79.9. The van der Waals surface area contributed by atoms with E-state index in [0.29, 0.717) is 5.75 Å². The second-order valence-electron chi connectivity index (χ2n) is 3.02. The zero-order valence-corrected chi connectivity index (χ0v) is 10.4. The molecule has 5 nitrogen and oxygen atoms in total. The molecule has 6 heteroatoms. The van der Waals surface area contributed by atoms with Crippen LogP contribution in [0, 0.1) is 0 Å². The number of rotatable bonds is 5. The van der Waals surface area contributed by atoms with Gasteiger partial charge >= 0.3 is 0 Å². The summed E-state index contributed by atoms with van der Waals surface area (Å²) in [5, 5.41) is 0. The fourth-order valence-corrected chi connectivity index (χ4v) is 1.35. The topological polar surface area (TPSA) is 73.6 Å². The SMILES string of the molecule is COCC(Oc1ccc(Br)cc1)C(=O)NN. The first-order valence-corrected chi connectivity index (χ1v) is 5.38. The van der Waals surface area contributed by atoms with Crippen LogP contribution in [0.15, 0.2) is 28.7 Å². The summed E-state index contributed by atoms with van der Waals surface area (Å²) in [5.41, 5.74) is 2.03. The van der Waals surface area contributed by atoms with Gasteiger partial charge in [0.15, 0.2) is 0 Å². The Kier molecular flexibility index (Phi) is 5.24. The van der Waals surface area contributed by atoms with E-state index in [-0.39, 0.29) is 6.61 Å². The van der Waals surface area contributed by atoms with Crippen molar-refractivity contribution in [1.82, 2.24) is 5.43 Å². The lowest BCUT2D eigenvalue weighted by molar-refractivity contribution is -0.130. The molecule has 1 aromatic carbocycles. The number of hydrogen-bond donors (Lipinski definition) is 2. The van der Waals surface area contributed by atoms with Crippen LogP contribution in [-0.2, 0) is 9.53 Å². The third-order valence-corrected chi connectivity index (χ3v) is 2.37. The minimum absolute atomic E-state index is 0.138. The molecule has 1 atom stereocenters. The third kappa shape index (κ3) is 3.80. The molecule has 16 heavy (non-hydrogen) atoms. The van der Waals surface area contributed by atoms with E-state index in [4.69, 9.17) is 15.3 Å². The molecule has 88 valence electrons. The summed E-state index contributed by atoms with van der Waals surface area (Å²) >= 11 is 3.31. The summed E-state index contributed by atoms with van der Waals surface area (Å²) in [6.07, 6.45) is -0.754. The van der Waals surface area contributed by atoms with E-state index in [0.717, 1.165) is 4.47 Å². The number of amides is 1. The Balaban J connectivity index is 2.67. The first-order valence-electron chi connectivity index (χ1n) is 4.59. The molecule has 0 heterocycles. The van der Waals surface area contributed by atoms with Gasteiger partial charge in [-0.2, -0.15) is 0 Å². The lowest BCUT2D eigenvalue weighted by atomic mass is 10.3. The van der Waals surface area contributed by atoms with Crippen molar-refractivity contribution >= 4 is 21.8 Å². The first kappa shape index (κ1) is 13.0. The molecule has 0 saturated carbocycles. The minimum atomic E-state index is -0.754. The van der Waals surface area contributed by atoms with Gasteiger partial charge in [0.2, 0.25) is 6.10 Å². The van der Waals surface area contributed by atoms with Gasteiger partial charge in [0.25, 0.3) is 5.91 Å². The van der Waals surface area contributed by atoms with Gasteiger partial charge in [0, 0.05) is 11.6 Å². The number of methoxy groups -OCH3 is 1. The van der Waals surface area contributed by atoms with Crippen LogP contribution < -0.4 is 16.0 Å². The Morgan fingerprint density at radius 1 is 1.50 bits per heavy atom. The van der Waals surface area contributed by atoms with E-state index in [1.54, 1.807) is 12.1 Å². The quantitative estimate of drug-likeness (QED) is 0.478. The summed E-state index contributed by atoms with van der Waals surface area (Å²) in [7, 11) is 1.49. The second kappa shape index (κ2) is 6.47. The van der Waals surface area contributed by atoms with Gasteiger partial charge in [-0.1, -0.05) is 15.9 Å². The van der Waals surface area contributed by atoms with Gasteiger partial charge in [-0.05, 0) is 24.3 Å². The average Bonchev–Trinajstić information content (AvgIpc) is 2.30. The summed E-state index contributed by atoms with van der Waals surface area (Å²) in [6, 6.07) is 7.13. The lowest BCUT2D eigenvalue weighted by Crippen LogP contribution is -2.44. The van der Waals surface area contributed by atoms with E-state index in [1.807, 2.05) is 17.6 Å². The lowest BCUT2D eigenvalue weighted by Gasteiger charge is -2.16. The number of hydrazine groups is 1. The molecule has 1 aromatic rings. The maximum Gasteiger partial charge on any atom is 0.277 e. The first-order chi connectivity index (χ1) is 7.67. The summed E-state index contributed by atoms with van der Waals surface area (Å²) in [5.74, 6) is 5.19. The van der Waals surface area contributed by atoms with Crippen molar-refractivity contribution in [3.63, 3.8) is 0 Å². The van der Waals surface area contributed by atoms with Gasteiger partial charge in [-0.3, -0.25) is 10.2 Å². The molecule has 0 aromatic heterocycles. The monoisotopic (exact) mass is 288 g/mol. The molecule has 1 rings (SSSR count). The number of benzene rings is 1. The van der Waals surface area contributed by atoms with Crippen LogP contribution in [0.1, 0.15) is 0 Å². The third-order valence-electron chi connectivity index (χ3n) is 1.84. The van der Waals surface area contributed by atoms with Crippen molar-refractivity contribution in [3.05, 3.63) is 28.7 Å². The van der Waals surface area contributed by atoms with Gasteiger partial charge in [-0.25, -0.2) is 5.84 Å². The smallest absolute Gasteiger partial charge is 0.277 e. The molecule has 3 N–H and O–H groups in total. The molecule has 0 spiro atoms. The molecular formula is C10H13BrN2O3. The zero-order chi connectivity index (χ0) is 12.0. The van der Waals surface area contributed by atoms with Crippen LogP contribution >= 0.6 is 15.9 Å². The maximum atomic E-state index is 11.3. The molecule has 0 radical (unpaired) electrons. The number of halogens is 1. The van der Waals surface area contributed by atoms with Crippen molar-refractivity contribution in [1.29, 1.82) is 0 Å². The molecule has 1 amide bonds. The van der Waals surface area contributed by atoms with E-state index < -0.39 is 12.0 Å². The van der Waals surface area contributed by atoms with Crippen molar-refractivity contribution < 1.29 is 14.3 Å². The Morgan fingerprint density at radius 2 is 2.12 bits per heavy atom. The molecule has 0 saturated heterocycles. The van der Waals surface area contributed by atoms with E-state index in [9.17, 15) is 4.79 Å². The summed E-state index contributed by atoms with van der Waals surface area (Å²) < 4.78 is 11.2. The second-order valence-corrected chi connectivity index (χ2v) is 3.94. The number of carbonyl (C=O) groups excluding carboxylic acids is 1. The molecule has 0 bridgehead atoms. The van der Waals surface area contributed by atoms with Crippen LogP contribution in [0.25, 0.3) is 0 Å². The number of ether oxygens (including phenoxy) is 2. The van der Waals surface area contributed by atoms with Gasteiger partial charge < -0.3 is 9.47 Å². The standard InChI is InChI=1S/C10H13BrN2O3/c1-15-6-9(10(14)13-12)16-8-4-2-7(11)3-5-8/h2-5,9H,6,12H2,1H3,(H,13,14). The van der Waals surface area contributed by atoms with Crippen LogP contribution in [0.5, 0.6) is 5.75 Å². The van der Waals surface area contributed by atoms with Crippen LogP contribution in [-0.4, -0.2) is 25.7 Å². The van der Waals surface area contributed by atoms with E-state index >= 15 is 0 Å². The number of carbonyl (C=O) groups is 1. The Morgan fingerprint density at radius 3 is 2.62 bits per heavy atom. The molecule has 0 fully saturated rings. The molecule has 0 aliphatic heterocycles. The van der Waals surface area contributed by atoms with Crippen molar-refractivity contribution in [2.75, 3.05) is 13.7 Å². The van der Waals surface area contributed by atoms with Gasteiger partial charge in [0.1, 0.15) is 5.75 Å². The highest BCUT2D eigenvalue weighted by Crippen LogP contribution is 2.17. The van der Waals surface area contributed by atoms with Gasteiger partial charge in [-0.15, -0.1) is 0 Å². The van der Waals surface area contributed by atoms with Crippen molar-refractivity contribution in [2.45, 2.75) is 6.10 Å². The van der Waals surface area contributed by atoms with Crippen LogP contribution in [0.2, 0.25) is 0 Å². The fourth-order valence-electron chi connectivity index (χ4n) is 1.08. The fraction of sp³-hybridized carbons (Fsp3) is 0.300. The highest BCUT2D eigenvalue weighted by molar-refractivity contribution is 9.10.